The number of nitrogens with one attached hydrogen (secondary N) is 1. The Bertz CT molecular complexity index is 1040. The smallest absolute Gasteiger partial charge is 0.229 e. The summed E-state index contributed by atoms with van der Waals surface area (Å²) < 4.78 is 5.81. The van der Waals surface area contributed by atoms with Crippen LogP contribution in [0.25, 0.3) is 0 Å². The van der Waals surface area contributed by atoms with Gasteiger partial charge in [-0.1, -0.05) is 35.4 Å². The second-order valence-electron chi connectivity index (χ2n) is 7.67. The van der Waals surface area contributed by atoms with Crippen molar-refractivity contribution in [3.8, 4) is 11.5 Å². The van der Waals surface area contributed by atoms with Crippen molar-refractivity contribution in [1.29, 1.82) is 0 Å². The number of rotatable bonds is 5. The maximum atomic E-state index is 12.7. The van der Waals surface area contributed by atoms with Gasteiger partial charge in [0.25, 0.3) is 0 Å². The lowest BCUT2D eigenvalue weighted by Crippen LogP contribution is -2.28. The van der Waals surface area contributed by atoms with Gasteiger partial charge in [-0.3, -0.25) is 9.59 Å². The summed E-state index contributed by atoms with van der Waals surface area (Å²) in [7, 11) is 0. The minimum atomic E-state index is -0.373. The molecule has 0 bridgehead atoms. The maximum Gasteiger partial charge on any atom is 0.229 e. The largest absolute Gasteiger partial charge is 0.457 e. The van der Waals surface area contributed by atoms with Crippen molar-refractivity contribution in [1.82, 2.24) is 0 Å². The van der Waals surface area contributed by atoms with E-state index in [9.17, 15) is 9.59 Å². The number of carbonyl (C=O) groups excluding carboxylic acids is 2. The highest BCUT2D eigenvalue weighted by Crippen LogP contribution is 2.27. The number of nitrogens with zero attached hydrogens (tertiary/aromatic N) is 1. The molecule has 0 spiro atoms. The van der Waals surface area contributed by atoms with Gasteiger partial charge >= 0.3 is 0 Å². The molecule has 152 valence electrons. The summed E-state index contributed by atoms with van der Waals surface area (Å²) >= 11 is 0. The SMILES string of the molecule is Cc1ccc(Oc2ccc(NC(=O)[C@@H]3CC(=O)N(c4ccc(C)cc4)C3)cc2)cc1. The number of hydrogen-bond acceptors (Lipinski definition) is 3. The fraction of sp³-hybridized carbons (Fsp3) is 0.200. The van der Waals surface area contributed by atoms with E-state index in [0.29, 0.717) is 18.0 Å². The number of hydrogen-bond donors (Lipinski definition) is 1. The fourth-order valence-corrected chi connectivity index (χ4v) is 3.45. The molecule has 1 fully saturated rings. The molecular formula is C25H24N2O3. The van der Waals surface area contributed by atoms with Crippen LogP contribution in [-0.4, -0.2) is 18.4 Å². The molecule has 1 heterocycles. The van der Waals surface area contributed by atoms with Crippen LogP contribution >= 0.6 is 0 Å². The summed E-state index contributed by atoms with van der Waals surface area (Å²) in [4.78, 5) is 26.8. The quantitative estimate of drug-likeness (QED) is 0.649. The summed E-state index contributed by atoms with van der Waals surface area (Å²) in [5.74, 6) is 0.907. The van der Waals surface area contributed by atoms with E-state index in [1.165, 1.54) is 5.56 Å². The van der Waals surface area contributed by atoms with Crippen molar-refractivity contribution in [2.45, 2.75) is 20.3 Å². The Balaban J connectivity index is 1.36. The molecule has 4 rings (SSSR count). The lowest BCUT2D eigenvalue weighted by Gasteiger charge is -2.17. The van der Waals surface area contributed by atoms with Crippen LogP contribution in [0.2, 0.25) is 0 Å². The van der Waals surface area contributed by atoms with Crippen molar-refractivity contribution < 1.29 is 14.3 Å². The molecule has 0 aliphatic carbocycles. The Hall–Kier alpha value is -3.60. The van der Waals surface area contributed by atoms with Crippen molar-refractivity contribution >= 4 is 23.2 Å². The average molecular weight is 400 g/mol. The van der Waals surface area contributed by atoms with E-state index >= 15 is 0 Å². The van der Waals surface area contributed by atoms with Gasteiger partial charge in [-0.2, -0.15) is 0 Å². The van der Waals surface area contributed by atoms with E-state index in [4.69, 9.17) is 4.74 Å². The third-order valence-corrected chi connectivity index (χ3v) is 5.22. The number of aryl methyl sites for hydroxylation is 2. The minimum Gasteiger partial charge on any atom is -0.457 e. The predicted octanol–water partition coefficient (Wildman–Crippen LogP) is 5.09. The molecular weight excluding hydrogens is 376 g/mol. The van der Waals surface area contributed by atoms with Crippen molar-refractivity contribution in [2.75, 3.05) is 16.8 Å². The molecule has 2 amide bonds. The first-order chi connectivity index (χ1) is 14.5. The Morgan fingerprint density at radius 2 is 1.40 bits per heavy atom. The van der Waals surface area contributed by atoms with Crippen LogP contribution in [-0.2, 0) is 9.59 Å². The molecule has 5 nitrogen and oxygen atoms in total. The molecule has 1 saturated heterocycles. The summed E-state index contributed by atoms with van der Waals surface area (Å²) in [6.07, 6.45) is 0.217. The van der Waals surface area contributed by atoms with Gasteiger partial charge in [-0.25, -0.2) is 0 Å². The zero-order valence-corrected chi connectivity index (χ0v) is 17.1. The highest BCUT2D eigenvalue weighted by molar-refractivity contribution is 6.03. The topological polar surface area (TPSA) is 58.6 Å². The van der Waals surface area contributed by atoms with Gasteiger partial charge in [-0.15, -0.1) is 0 Å². The number of ether oxygens (including phenoxy) is 1. The number of amides is 2. The Morgan fingerprint density at radius 3 is 2.00 bits per heavy atom. The lowest BCUT2D eigenvalue weighted by molar-refractivity contribution is -0.122. The van der Waals surface area contributed by atoms with Crippen LogP contribution in [0.1, 0.15) is 17.5 Å². The van der Waals surface area contributed by atoms with Crippen LogP contribution in [0.5, 0.6) is 11.5 Å². The first-order valence-electron chi connectivity index (χ1n) is 10.0. The minimum absolute atomic E-state index is 0.0270. The van der Waals surface area contributed by atoms with Gasteiger partial charge < -0.3 is 15.0 Å². The van der Waals surface area contributed by atoms with Crippen LogP contribution in [0, 0.1) is 19.8 Å². The third kappa shape index (κ3) is 4.51. The summed E-state index contributed by atoms with van der Waals surface area (Å²) in [5, 5.41) is 2.91. The molecule has 3 aromatic carbocycles. The molecule has 3 aromatic rings. The predicted molar refractivity (Wildman–Crippen MR) is 118 cm³/mol. The van der Waals surface area contributed by atoms with Crippen molar-refractivity contribution in [3.05, 3.63) is 83.9 Å². The van der Waals surface area contributed by atoms with E-state index in [1.807, 2.05) is 74.5 Å². The Kier molecular flexibility index (Phi) is 5.53. The molecule has 1 aliphatic rings. The van der Waals surface area contributed by atoms with Gasteiger partial charge in [-0.05, 0) is 62.4 Å². The van der Waals surface area contributed by atoms with Gasteiger partial charge in [0.2, 0.25) is 11.8 Å². The monoisotopic (exact) mass is 400 g/mol. The van der Waals surface area contributed by atoms with E-state index in [1.54, 1.807) is 17.0 Å². The molecule has 5 heteroatoms. The standard InChI is InChI=1S/C25H24N2O3/c1-17-3-9-21(10-4-17)27-16-19(15-24(27)28)25(29)26-20-7-13-23(14-8-20)30-22-11-5-18(2)6-12-22/h3-14,19H,15-16H2,1-2H3,(H,26,29)/t19-/m1/s1. The lowest BCUT2D eigenvalue weighted by atomic mass is 10.1. The first kappa shape index (κ1) is 19.7. The van der Waals surface area contributed by atoms with Gasteiger partial charge in [0.1, 0.15) is 11.5 Å². The van der Waals surface area contributed by atoms with Crippen LogP contribution in [0.15, 0.2) is 72.8 Å². The molecule has 1 N–H and O–H groups in total. The van der Waals surface area contributed by atoms with Crippen LogP contribution in [0.3, 0.4) is 0 Å². The van der Waals surface area contributed by atoms with E-state index in [0.717, 1.165) is 17.0 Å². The molecule has 0 radical (unpaired) electrons. The van der Waals surface area contributed by atoms with Gasteiger partial charge in [0.15, 0.2) is 0 Å². The molecule has 0 saturated carbocycles. The van der Waals surface area contributed by atoms with Crippen molar-refractivity contribution in [3.63, 3.8) is 0 Å². The maximum absolute atomic E-state index is 12.7. The summed E-state index contributed by atoms with van der Waals surface area (Å²) in [6.45, 7) is 4.42. The fourth-order valence-electron chi connectivity index (χ4n) is 3.45. The molecule has 0 aromatic heterocycles. The van der Waals surface area contributed by atoms with Crippen molar-refractivity contribution in [2.24, 2.45) is 5.92 Å². The number of carbonyl (C=O) groups is 2. The highest BCUT2D eigenvalue weighted by Gasteiger charge is 2.35. The van der Waals surface area contributed by atoms with Crippen LogP contribution in [0.4, 0.5) is 11.4 Å². The summed E-state index contributed by atoms with van der Waals surface area (Å²) in [6, 6.07) is 22.8. The average Bonchev–Trinajstić information content (AvgIpc) is 3.13. The zero-order chi connectivity index (χ0) is 21.1. The van der Waals surface area contributed by atoms with Crippen LogP contribution < -0.4 is 15.0 Å². The highest BCUT2D eigenvalue weighted by atomic mass is 16.5. The van der Waals surface area contributed by atoms with Gasteiger partial charge in [0.05, 0.1) is 5.92 Å². The summed E-state index contributed by atoms with van der Waals surface area (Å²) in [5.41, 5.74) is 3.82. The first-order valence-corrected chi connectivity index (χ1v) is 10.0. The molecule has 30 heavy (non-hydrogen) atoms. The van der Waals surface area contributed by atoms with E-state index in [2.05, 4.69) is 5.32 Å². The zero-order valence-electron chi connectivity index (χ0n) is 17.1. The van der Waals surface area contributed by atoms with Gasteiger partial charge in [0, 0.05) is 24.3 Å². The molecule has 1 aliphatic heterocycles. The molecule has 1 atom stereocenters. The second-order valence-corrected chi connectivity index (χ2v) is 7.67. The molecule has 0 unspecified atom stereocenters. The third-order valence-electron chi connectivity index (χ3n) is 5.22. The number of benzene rings is 3. The second kappa shape index (κ2) is 8.41. The normalized spacial score (nSPS) is 15.9. The van der Waals surface area contributed by atoms with E-state index < -0.39 is 0 Å². The Morgan fingerprint density at radius 1 is 0.867 bits per heavy atom. The Labute approximate surface area is 176 Å². The van der Waals surface area contributed by atoms with E-state index in [-0.39, 0.29) is 24.2 Å². The number of anilines is 2.